The number of hydrogen-bond donors (Lipinski definition) is 0. The van der Waals surface area contributed by atoms with Gasteiger partial charge < -0.3 is 9.80 Å². The number of aromatic nitrogens is 2. The van der Waals surface area contributed by atoms with Crippen LogP contribution in [0.1, 0.15) is 48.7 Å². The summed E-state index contributed by atoms with van der Waals surface area (Å²) in [6.07, 6.45) is 2.80. The van der Waals surface area contributed by atoms with Crippen LogP contribution in [-0.4, -0.2) is 40.6 Å². The number of fused-ring (bicyclic) bond motifs is 1. The Morgan fingerprint density at radius 1 is 1.12 bits per heavy atom. The van der Waals surface area contributed by atoms with Gasteiger partial charge in [0.2, 0.25) is 11.0 Å². The second-order valence-electron chi connectivity index (χ2n) is 7.62. The van der Waals surface area contributed by atoms with Gasteiger partial charge in [0.15, 0.2) is 0 Å². The monoisotopic (exact) mass is 370 g/mol. The van der Waals surface area contributed by atoms with Gasteiger partial charge in [-0.3, -0.25) is 4.79 Å². The number of anilines is 1. The summed E-state index contributed by atoms with van der Waals surface area (Å²) in [5, 5.41) is 10.7. The van der Waals surface area contributed by atoms with Gasteiger partial charge in [0.25, 0.3) is 0 Å². The Morgan fingerprint density at radius 2 is 1.85 bits per heavy atom. The first-order valence-corrected chi connectivity index (χ1v) is 10.4. The predicted molar refractivity (Wildman–Crippen MR) is 104 cm³/mol. The molecule has 4 rings (SSSR count). The number of carbonyl (C=O) groups is 1. The largest absolute Gasteiger partial charge is 0.347 e. The smallest absolute Gasteiger partial charge is 0.226 e. The first kappa shape index (κ1) is 17.5. The number of hydrogen-bond acceptors (Lipinski definition) is 5. The number of amides is 1. The molecule has 26 heavy (non-hydrogen) atoms. The molecule has 1 fully saturated rings. The van der Waals surface area contributed by atoms with Crippen LogP contribution < -0.4 is 4.90 Å². The molecule has 6 heteroatoms. The van der Waals surface area contributed by atoms with Crippen LogP contribution in [0, 0.1) is 5.92 Å². The third kappa shape index (κ3) is 3.47. The van der Waals surface area contributed by atoms with E-state index in [9.17, 15) is 4.79 Å². The standard InChI is InChI=1S/C20H26N4OS/c1-14(2)18-21-22-20(26-18)23-10-8-16(9-11-23)19(25)24-12-7-15-5-3-4-6-17(15)13-24/h3-6,14,16H,7-13H2,1-2H3. The first-order chi connectivity index (χ1) is 12.6. The Bertz CT molecular complexity index is 780. The van der Waals surface area contributed by atoms with E-state index in [4.69, 9.17) is 0 Å². The van der Waals surface area contributed by atoms with Crippen molar-refractivity contribution in [1.29, 1.82) is 0 Å². The first-order valence-electron chi connectivity index (χ1n) is 9.55. The Labute approximate surface area is 159 Å². The van der Waals surface area contributed by atoms with E-state index in [2.05, 4.69) is 58.1 Å². The summed E-state index contributed by atoms with van der Waals surface area (Å²) < 4.78 is 0. The van der Waals surface area contributed by atoms with Gasteiger partial charge in [0, 0.05) is 38.0 Å². The summed E-state index contributed by atoms with van der Waals surface area (Å²) in [5.41, 5.74) is 2.70. The number of nitrogens with zero attached hydrogens (tertiary/aromatic N) is 4. The van der Waals surface area contributed by atoms with Crippen LogP contribution in [0.2, 0.25) is 0 Å². The molecule has 138 valence electrons. The Morgan fingerprint density at radius 3 is 2.54 bits per heavy atom. The fourth-order valence-electron chi connectivity index (χ4n) is 3.85. The summed E-state index contributed by atoms with van der Waals surface area (Å²) in [6, 6.07) is 8.49. The second-order valence-corrected chi connectivity index (χ2v) is 8.60. The summed E-state index contributed by atoms with van der Waals surface area (Å²) in [7, 11) is 0. The molecular weight excluding hydrogens is 344 g/mol. The van der Waals surface area contributed by atoms with Crippen LogP contribution in [0.25, 0.3) is 0 Å². The van der Waals surface area contributed by atoms with Gasteiger partial charge in [0.05, 0.1) is 0 Å². The van der Waals surface area contributed by atoms with Crippen LogP contribution in [0.15, 0.2) is 24.3 Å². The average Bonchev–Trinajstić information content (AvgIpc) is 3.18. The molecule has 0 unspecified atom stereocenters. The third-order valence-corrected chi connectivity index (χ3v) is 6.77. The second kappa shape index (κ2) is 7.35. The Balaban J connectivity index is 1.35. The molecule has 1 aromatic carbocycles. The van der Waals surface area contributed by atoms with Gasteiger partial charge in [-0.1, -0.05) is 49.4 Å². The highest BCUT2D eigenvalue weighted by Gasteiger charge is 2.31. The molecule has 0 aliphatic carbocycles. The topological polar surface area (TPSA) is 49.3 Å². The predicted octanol–water partition coefficient (Wildman–Crippen LogP) is 3.46. The van der Waals surface area contributed by atoms with Gasteiger partial charge in [0.1, 0.15) is 5.01 Å². The van der Waals surface area contributed by atoms with Gasteiger partial charge in [-0.15, -0.1) is 10.2 Å². The Hall–Kier alpha value is -1.95. The van der Waals surface area contributed by atoms with Crippen molar-refractivity contribution in [1.82, 2.24) is 15.1 Å². The summed E-state index contributed by atoms with van der Waals surface area (Å²) in [4.78, 5) is 17.3. The van der Waals surface area contributed by atoms with Crippen LogP contribution in [0.3, 0.4) is 0 Å². The molecule has 2 aliphatic rings. The van der Waals surface area contributed by atoms with Crippen molar-refractivity contribution in [3.8, 4) is 0 Å². The molecule has 1 saturated heterocycles. The normalized spacial score (nSPS) is 18.3. The lowest BCUT2D eigenvalue weighted by Gasteiger charge is -2.36. The maximum Gasteiger partial charge on any atom is 0.226 e. The Kier molecular flexibility index (Phi) is 4.94. The maximum absolute atomic E-state index is 13.0. The minimum atomic E-state index is 0.147. The highest BCUT2D eigenvalue weighted by Crippen LogP contribution is 2.30. The van der Waals surface area contributed by atoms with Crippen LogP contribution in [0.4, 0.5) is 5.13 Å². The third-order valence-electron chi connectivity index (χ3n) is 5.48. The molecule has 0 atom stereocenters. The molecule has 1 aromatic heterocycles. The zero-order valence-corrected chi connectivity index (χ0v) is 16.3. The minimum Gasteiger partial charge on any atom is -0.347 e. The molecule has 0 bridgehead atoms. The van der Waals surface area contributed by atoms with E-state index in [1.807, 2.05) is 0 Å². The molecule has 1 amide bonds. The van der Waals surface area contributed by atoms with Crippen LogP contribution >= 0.6 is 11.3 Å². The van der Waals surface area contributed by atoms with Gasteiger partial charge in [-0.2, -0.15) is 0 Å². The highest BCUT2D eigenvalue weighted by atomic mass is 32.1. The van der Waals surface area contributed by atoms with Crippen molar-refractivity contribution in [3.63, 3.8) is 0 Å². The molecule has 0 N–H and O–H groups in total. The zero-order valence-electron chi connectivity index (χ0n) is 15.5. The van der Waals surface area contributed by atoms with Crippen molar-refractivity contribution in [3.05, 3.63) is 40.4 Å². The molecule has 3 heterocycles. The molecule has 2 aromatic rings. The lowest BCUT2D eigenvalue weighted by Crippen LogP contribution is -2.44. The van der Waals surface area contributed by atoms with E-state index in [1.165, 1.54) is 11.1 Å². The van der Waals surface area contributed by atoms with Gasteiger partial charge in [-0.25, -0.2) is 0 Å². The summed E-state index contributed by atoms with van der Waals surface area (Å²) >= 11 is 1.69. The highest BCUT2D eigenvalue weighted by molar-refractivity contribution is 7.15. The molecular formula is C20H26N4OS. The SMILES string of the molecule is CC(C)c1nnc(N2CCC(C(=O)N3CCc4ccccc4C3)CC2)s1. The fourth-order valence-corrected chi connectivity index (χ4v) is 4.75. The molecule has 5 nitrogen and oxygen atoms in total. The molecule has 0 saturated carbocycles. The van der Waals surface area contributed by atoms with E-state index in [0.717, 1.165) is 55.6 Å². The average molecular weight is 371 g/mol. The van der Waals surface area contributed by atoms with E-state index in [1.54, 1.807) is 11.3 Å². The fraction of sp³-hybridized carbons (Fsp3) is 0.550. The minimum absolute atomic E-state index is 0.147. The lowest BCUT2D eigenvalue weighted by molar-refractivity contribution is -0.137. The molecule has 0 radical (unpaired) electrons. The van der Waals surface area contributed by atoms with Crippen molar-refractivity contribution in [2.45, 2.75) is 45.6 Å². The van der Waals surface area contributed by atoms with Crippen molar-refractivity contribution >= 4 is 22.4 Å². The van der Waals surface area contributed by atoms with Gasteiger partial charge in [-0.05, 0) is 30.4 Å². The van der Waals surface area contributed by atoms with Crippen molar-refractivity contribution in [2.24, 2.45) is 5.92 Å². The quantitative estimate of drug-likeness (QED) is 0.830. The number of rotatable bonds is 3. The van der Waals surface area contributed by atoms with Crippen LogP contribution in [-0.2, 0) is 17.8 Å². The van der Waals surface area contributed by atoms with Crippen molar-refractivity contribution < 1.29 is 4.79 Å². The number of piperidine rings is 1. The number of benzene rings is 1. The van der Waals surface area contributed by atoms with Crippen LogP contribution in [0.5, 0.6) is 0 Å². The summed E-state index contributed by atoms with van der Waals surface area (Å²) in [6.45, 7) is 7.70. The number of carbonyl (C=O) groups excluding carboxylic acids is 1. The van der Waals surface area contributed by atoms with Crippen molar-refractivity contribution in [2.75, 3.05) is 24.5 Å². The lowest BCUT2D eigenvalue weighted by atomic mass is 9.93. The zero-order chi connectivity index (χ0) is 18.1. The summed E-state index contributed by atoms with van der Waals surface area (Å²) in [5.74, 6) is 0.899. The van der Waals surface area contributed by atoms with E-state index < -0.39 is 0 Å². The van der Waals surface area contributed by atoms with E-state index in [0.29, 0.717) is 11.8 Å². The molecule has 0 spiro atoms. The van der Waals surface area contributed by atoms with Gasteiger partial charge >= 0.3 is 0 Å². The maximum atomic E-state index is 13.0. The van der Waals surface area contributed by atoms with E-state index in [-0.39, 0.29) is 5.92 Å². The van der Waals surface area contributed by atoms with E-state index >= 15 is 0 Å². The molecule has 2 aliphatic heterocycles.